The Balaban J connectivity index is 1.47. The van der Waals surface area contributed by atoms with Crippen molar-refractivity contribution in [3.63, 3.8) is 0 Å². The second-order valence-corrected chi connectivity index (χ2v) is 7.54. The molecule has 1 aliphatic heterocycles. The van der Waals surface area contributed by atoms with Crippen LogP contribution in [0, 0.1) is 0 Å². The van der Waals surface area contributed by atoms with Gasteiger partial charge in [0.25, 0.3) is 5.91 Å². The molecule has 0 radical (unpaired) electrons. The van der Waals surface area contributed by atoms with Gasteiger partial charge >= 0.3 is 0 Å². The van der Waals surface area contributed by atoms with Crippen LogP contribution in [0.3, 0.4) is 0 Å². The second-order valence-electron chi connectivity index (χ2n) is 7.54. The fourth-order valence-corrected chi connectivity index (χ4v) is 3.55. The first-order chi connectivity index (χ1) is 12.6. The first-order valence-corrected chi connectivity index (χ1v) is 9.36. The van der Waals surface area contributed by atoms with Gasteiger partial charge in [-0.15, -0.1) is 0 Å². The molecular weight excluding hydrogens is 326 g/mol. The zero-order valence-corrected chi connectivity index (χ0v) is 15.4. The van der Waals surface area contributed by atoms with Crippen molar-refractivity contribution in [3.8, 4) is 0 Å². The van der Waals surface area contributed by atoms with Crippen molar-refractivity contribution in [1.29, 1.82) is 0 Å². The number of carbonyl (C=O) groups is 1. The van der Waals surface area contributed by atoms with Gasteiger partial charge in [0, 0.05) is 57.6 Å². The first-order valence-electron chi connectivity index (χ1n) is 9.36. The molecular formula is C20H25N5O. The van der Waals surface area contributed by atoms with Crippen LogP contribution in [0.5, 0.6) is 0 Å². The lowest BCUT2D eigenvalue weighted by Gasteiger charge is -2.33. The monoisotopic (exact) mass is 351 g/mol. The summed E-state index contributed by atoms with van der Waals surface area (Å²) in [6.07, 6.45) is 9.70. The first kappa shape index (κ1) is 16.9. The van der Waals surface area contributed by atoms with Crippen LogP contribution in [-0.2, 0) is 0 Å². The fraction of sp³-hybridized carbons (Fsp3) is 0.500. The quantitative estimate of drug-likeness (QED) is 0.848. The lowest BCUT2D eigenvalue weighted by Crippen LogP contribution is -2.39. The molecule has 0 unspecified atom stereocenters. The maximum absolute atomic E-state index is 12.9. The molecule has 1 aliphatic carbocycles. The van der Waals surface area contributed by atoms with Crippen LogP contribution in [0.4, 0.5) is 5.82 Å². The summed E-state index contributed by atoms with van der Waals surface area (Å²) >= 11 is 0. The van der Waals surface area contributed by atoms with Crippen molar-refractivity contribution in [2.45, 2.75) is 37.5 Å². The summed E-state index contributed by atoms with van der Waals surface area (Å²) in [5, 5.41) is 0. The molecule has 136 valence electrons. The van der Waals surface area contributed by atoms with Crippen LogP contribution in [-0.4, -0.2) is 52.9 Å². The van der Waals surface area contributed by atoms with Gasteiger partial charge in [-0.3, -0.25) is 4.79 Å². The van der Waals surface area contributed by atoms with E-state index in [1.54, 1.807) is 12.4 Å². The summed E-state index contributed by atoms with van der Waals surface area (Å²) in [6.45, 7) is 1.53. The largest absolute Gasteiger partial charge is 0.363 e. The van der Waals surface area contributed by atoms with E-state index in [4.69, 9.17) is 0 Å². The van der Waals surface area contributed by atoms with Crippen LogP contribution in [0.15, 0.2) is 30.7 Å². The predicted octanol–water partition coefficient (Wildman–Crippen LogP) is 2.83. The number of piperidine rings is 1. The summed E-state index contributed by atoms with van der Waals surface area (Å²) in [5.74, 6) is 2.73. The number of rotatable bonds is 4. The molecule has 0 bridgehead atoms. The highest BCUT2D eigenvalue weighted by Gasteiger charge is 2.28. The molecule has 1 saturated carbocycles. The van der Waals surface area contributed by atoms with Gasteiger partial charge in [0.1, 0.15) is 11.6 Å². The zero-order valence-electron chi connectivity index (χ0n) is 15.4. The van der Waals surface area contributed by atoms with Crippen LogP contribution >= 0.6 is 0 Å². The average molecular weight is 351 g/mol. The number of aromatic nitrogens is 3. The van der Waals surface area contributed by atoms with E-state index in [1.807, 2.05) is 30.1 Å². The second kappa shape index (κ2) is 7.02. The Morgan fingerprint density at radius 2 is 1.88 bits per heavy atom. The SMILES string of the molecule is CN(C)c1cc([C@H]2CCCN(C(=O)c3cnc(C4CC4)nc3)C2)ccn1. The van der Waals surface area contributed by atoms with Gasteiger partial charge in [-0.2, -0.15) is 0 Å². The molecule has 0 spiro atoms. The number of hydrogen-bond donors (Lipinski definition) is 0. The standard InChI is InChI=1S/C20H25N5O/c1-24(2)18-10-15(7-8-21-18)16-4-3-9-25(13-16)20(26)17-11-22-19(23-12-17)14-5-6-14/h7-8,10-12,14,16H,3-6,9,13H2,1-2H3/t16-/m0/s1. The van der Waals surface area contributed by atoms with Crippen molar-refractivity contribution in [2.24, 2.45) is 0 Å². The van der Waals surface area contributed by atoms with Gasteiger partial charge in [-0.05, 0) is 43.4 Å². The lowest BCUT2D eigenvalue weighted by atomic mass is 9.91. The average Bonchev–Trinajstić information content (AvgIpc) is 3.53. The molecule has 2 fully saturated rings. The van der Waals surface area contributed by atoms with Gasteiger partial charge < -0.3 is 9.80 Å². The summed E-state index contributed by atoms with van der Waals surface area (Å²) in [5.41, 5.74) is 1.85. The molecule has 2 aromatic rings. The summed E-state index contributed by atoms with van der Waals surface area (Å²) < 4.78 is 0. The van der Waals surface area contributed by atoms with Crippen molar-refractivity contribution >= 4 is 11.7 Å². The molecule has 2 aliphatic rings. The van der Waals surface area contributed by atoms with Crippen molar-refractivity contribution in [2.75, 3.05) is 32.1 Å². The maximum atomic E-state index is 12.9. The van der Waals surface area contributed by atoms with E-state index in [9.17, 15) is 4.79 Å². The van der Waals surface area contributed by atoms with E-state index >= 15 is 0 Å². The van der Waals surface area contributed by atoms with E-state index < -0.39 is 0 Å². The van der Waals surface area contributed by atoms with Gasteiger partial charge in [0.15, 0.2) is 0 Å². The van der Waals surface area contributed by atoms with E-state index in [1.165, 1.54) is 18.4 Å². The number of likely N-dealkylation sites (tertiary alicyclic amines) is 1. The van der Waals surface area contributed by atoms with Crippen molar-refractivity contribution in [3.05, 3.63) is 47.7 Å². The molecule has 2 aromatic heterocycles. The molecule has 1 atom stereocenters. The third kappa shape index (κ3) is 3.54. The number of anilines is 1. The van der Waals surface area contributed by atoms with Gasteiger partial charge in [0.2, 0.25) is 0 Å². The predicted molar refractivity (Wildman–Crippen MR) is 100 cm³/mol. The van der Waals surface area contributed by atoms with E-state index in [-0.39, 0.29) is 5.91 Å². The lowest BCUT2D eigenvalue weighted by molar-refractivity contribution is 0.0706. The number of amides is 1. The van der Waals surface area contributed by atoms with Gasteiger partial charge in [-0.1, -0.05) is 0 Å². The smallest absolute Gasteiger partial charge is 0.257 e. The third-order valence-corrected chi connectivity index (χ3v) is 5.27. The maximum Gasteiger partial charge on any atom is 0.257 e. The van der Waals surface area contributed by atoms with E-state index in [0.717, 1.165) is 37.6 Å². The minimum atomic E-state index is 0.0407. The third-order valence-electron chi connectivity index (χ3n) is 5.27. The van der Waals surface area contributed by atoms with Crippen LogP contribution in [0.2, 0.25) is 0 Å². The van der Waals surface area contributed by atoms with E-state index in [2.05, 4.69) is 27.1 Å². The van der Waals surface area contributed by atoms with Crippen LogP contribution in [0.25, 0.3) is 0 Å². The molecule has 3 heterocycles. The zero-order chi connectivity index (χ0) is 18.1. The highest BCUT2D eigenvalue weighted by atomic mass is 16.2. The number of carbonyl (C=O) groups excluding carboxylic acids is 1. The number of pyridine rings is 1. The summed E-state index contributed by atoms with van der Waals surface area (Å²) in [4.78, 5) is 30.0. The number of nitrogens with zero attached hydrogens (tertiary/aromatic N) is 5. The Morgan fingerprint density at radius 3 is 2.58 bits per heavy atom. The highest BCUT2D eigenvalue weighted by molar-refractivity contribution is 5.93. The normalized spacial score (nSPS) is 20.1. The minimum Gasteiger partial charge on any atom is -0.363 e. The molecule has 0 N–H and O–H groups in total. The molecule has 6 nitrogen and oxygen atoms in total. The molecule has 0 aromatic carbocycles. The molecule has 26 heavy (non-hydrogen) atoms. The highest BCUT2D eigenvalue weighted by Crippen LogP contribution is 2.37. The Labute approximate surface area is 154 Å². The molecule has 1 saturated heterocycles. The Kier molecular flexibility index (Phi) is 4.57. The fourth-order valence-electron chi connectivity index (χ4n) is 3.55. The molecule has 1 amide bonds. The summed E-state index contributed by atoms with van der Waals surface area (Å²) in [7, 11) is 3.99. The summed E-state index contributed by atoms with van der Waals surface area (Å²) in [6, 6.07) is 4.20. The molecule has 4 rings (SSSR count). The minimum absolute atomic E-state index is 0.0407. The van der Waals surface area contributed by atoms with Crippen molar-refractivity contribution in [1.82, 2.24) is 19.9 Å². The Morgan fingerprint density at radius 1 is 1.12 bits per heavy atom. The topological polar surface area (TPSA) is 62.2 Å². The van der Waals surface area contributed by atoms with E-state index in [0.29, 0.717) is 17.4 Å². The number of hydrogen-bond acceptors (Lipinski definition) is 5. The Bertz CT molecular complexity index is 785. The molecule has 6 heteroatoms. The van der Waals surface area contributed by atoms with Gasteiger partial charge in [-0.25, -0.2) is 15.0 Å². The Hall–Kier alpha value is -2.50. The van der Waals surface area contributed by atoms with Crippen molar-refractivity contribution < 1.29 is 4.79 Å². The van der Waals surface area contributed by atoms with Crippen LogP contribution < -0.4 is 4.90 Å². The van der Waals surface area contributed by atoms with Crippen LogP contribution in [0.1, 0.15) is 59.3 Å². The van der Waals surface area contributed by atoms with Gasteiger partial charge in [0.05, 0.1) is 5.56 Å².